The molecule has 0 aliphatic heterocycles. The summed E-state index contributed by atoms with van der Waals surface area (Å²) in [7, 11) is 0. The Morgan fingerprint density at radius 1 is 0.667 bits per heavy atom. The maximum Gasteiger partial charge on any atom is 0.243 e. The van der Waals surface area contributed by atoms with Crippen molar-refractivity contribution in [1.29, 1.82) is 0 Å². The van der Waals surface area contributed by atoms with E-state index in [0.717, 1.165) is 30.2 Å². The van der Waals surface area contributed by atoms with E-state index in [-0.39, 0.29) is 17.7 Å². The number of benzene rings is 8. The van der Waals surface area contributed by atoms with Crippen molar-refractivity contribution in [2.75, 3.05) is 6.54 Å². The molecular formula is C43H39N3O2. The molecule has 0 saturated carbocycles. The van der Waals surface area contributed by atoms with Gasteiger partial charge in [-0.1, -0.05) is 123 Å². The van der Waals surface area contributed by atoms with E-state index in [9.17, 15) is 9.59 Å². The minimum Gasteiger partial charge on any atom is -0.353 e. The van der Waals surface area contributed by atoms with E-state index in [0.29, 0.717) is 13.0 Å². The standard InChI is InChI=1S/C23H21NO.C20H18N2O/c1-2-21(25)24-15-4-3-6-16-9-10-19-12-11-17-7-5-8-18-13-14-20(16)23(19)22(17)18;1-2-15(20(23)22-21)16-10-8-14-7-6-12-4-3-5-13-9-11-17(16)19(14)18(12)13/h2,5,7-14H,1,3-4,6,15H2,(H,24,25);3-11,15H,2,21H2,1H3,(H,22,23). The van der Waals surface area contributed by atoms with E-state index in [1.165, 1.54) is 70.9 Å². The van der Waals surface area contributed by atoms with Gasteiger partial charge in [0.25, 0.3) is 0 Å². The van der Waals surface area contributed by atoms with Gasteiger partial charge in [0.05, 0.1) is 5.92 Å². The minimum absolute atomic E-state index is 0.0947. The number of hydrazine groups is 1. The molecule has 0 aliphatic rings. The fourth-order valence-electron chi connectivity index (χ4n) is 7.45. The zero-order valence-electron chi connectivity index (χ0n) is 27.2. The van der Waals surface area contributed by atoms with E-state index in [2.05, 4.69) is 127 Å². The number of hydrogen-bond donors (Lipinski definition) is 3. The molecule has 0 radical (unpaired) electrons. The van der Waals surface area contributed by atoms with Crippen LogP contribution < -0.4 is 16.6 Å². The number of amides is 2. The van der Waals surface area contributed by atoms with Gasteiger partial charge in [-0.05, 0) is 108 Å². The van der Waals surface area contributed by atoms with Crippen molar-refractivity contribution in [3.05, 3.63) is 133 Å². The molecule has 5 nitrogen and oxygen atoms in total. The van der Waals surface area contributed by atoms with Gasteiger partial charge in [-0.3, -0.25) is 15.0 Å². The summed E-state index contributed by atoms with van der Waals surface area (Å²) >= 11 is 0. The minimum atomic E-state index is -0.232. The lowest BCUT2D eigenvalue weighted by atomic mass is 9.86. The monoisotopic (exact) mass is 629 g/mol. The number of carbonyl (C=O) groups excluding carboxylic acids is 2. The third-order valence-corrected chi connectivity index (χ3v) is 9.78. The summed E-state index contributed by atoms with van der Waals surface area (Å²) in [5, 5.41) is 18.2. The van der Waals surface area contributed by atoms with Crippen LogP contribution in [-0.2, 0) is 16.0 Å². The van der Waals surface area contributed by atoms with E-state index < -0.39 is 0 Å². The van der Waals surface area contributed by atoms with Crippen LogP contribution in [0.1, 0.15) is 43.2 Å². The molecule has 2 amide bonds. The van der Waals surface area contributed by atoms with Crippen molar-refractivity contribution in [3.63, 3.8) is 0 Å². The summed E-state index contributed by atoms with van der Waals surface area (Å²) in [6.07, 6.45) is 5.09. The smallest absolute Gasteiger partial charge is 0.243 e. The summed E-state index contributed by atoms with van der Waals surface area (Å²) in [6, 6.07) is 39.0. The fourth-order valence-corrected chi connectivity index (χ4v) is 7.45. The zero-order valence-corrected chi connectivity index (χ0v) is 27.2. The molecule has 238 valence electrons. The molecule has 0 fully saturated rings. The van der Waals surface area contributed by atoms with E-state index in [1.807, 2.05) is 6.92 Å². The van der Waals surface area contributed by atoms with Gasteiger partial charge in [-0.15, -0.1) is 0 Å². The van der Waals surface area contributed by atoms with Gasteiger partial charge >= 0.3 is 0 Å². The highest BCUT2D eigenvalue weighted by Gasteiger charge is 2.21. The number of nitrogens with one attached hydrogen (secondary N) is 2. The lowest BCUT2D eigenvalue weighted by molar-refractivity contribution is -0.122. The van der Waals surface area contributed by atoms with Crippen LogP contribution in [0, 0.1) is 0 Å². The van der Waals surface area contributed by atoms with Crippen molar-refractivity contribution in [2.24, 2.45) is 5.84 Å². The molecule has 8 rings (SSSR count). The van der Waals surface area contributed by atoms with E-state index in [4.69, 9.17) is 5.84 Å². The topological polar surface area (TPSA) is 84.2 Å². The fraction of sp³-hybridized carbons (Fsp3) is 0.163. The van der Waals surface area contributed by atoms with Crippen molar-refractivity contribution >= 4 is 76.4 Å². The molecule has 8 aromatic rings. The molecule has 0 heterocycles. The first-order valence-electron chi connectivity index (χ1n) is 16.7. The second-order valence-electron chi connectivity index (χ2n) is 12.5. The Bertz CT molecular complexity index is 2400. The highest BCUT2D eigenvalue weighted by atomic mass is 16.2. The molecule has 0 aliphatic carbocycles. The van der Waals surface area contributed by atoms with Crippen LogP contribution >= 0.6 is 0 Å². The Morgan fingerprint density at radius 3 is 1.73 bits per heavy atom. The third-order valence-electron chi connectivity index (χ3n) is 9.78. The van der Waals surface area contributed by atoms with Crippen molar-refractivity contribution in [1.82, 2.24) is 10.7 Å². The first-order chi connectivity index (χ1) is 23.5. The van der Waals surface area contributed by atoms with Gasteiger partial charge in [0.1, 0.15) is 0 Å². The lowest BCUT2D eigenvalue weighted by Crippen LogP contribution is -2.34. The van der Waals surface area contributed by atoms with Gasteiger partial charge in [0, 0.05) is 6.54 Å². The number of aryl methyl sites for hydroxylation is 1. The van der Waals surface area contributed by atoms with Crippen molar-refractivity contribution < 1.29 is 9.59 Å². The Kier molecular flexibility index (Phi) is 8.62. The maximum absolute atomic E-state index is 12.2. The first-order valence-corrected chi connectivity index (χ1v) is 16.7. The molecule has 0 bridgehead atoms. The van der Waals surface area contributed by atoms with Gasteiger partial charge in [-0.25, -0.2) is 5.84 Å². The summed E-state index contributed by atoms with van der Waals surface area (Å²) in [6.45, 7) is 6.19. The largest absolute Gasteiger partial charge is 0.353 e. The van der Waals surface area contributed by atoms with E-state index >= 15 is 0 Å². The second-order valence-corrected chi connectivity index (χ2v) is 12.5. The quantitative estimate of drug-likeness (QED) is 0.0372. The van der Waals surface area contributed by atoms with Gasteiger partial charge in [-0.2, -0.15) is 0 Å². The molecule has 0 saturated heterocycles. The average Bonchev–Trinajstić information content (AvgIpc) is 3.13. The summed E-state index contributed by atoms with van der Waals surface area (Å²) < 4.78 is 0. The average molecular weight is 630 g/mol. The normalized spacial score (nSPS) is 12.1. The Hall–Kier alpha value is -5.52. The Labute approximate surface area is 280 Å². The van der Waals surface area contributed by atoms with Crippen LogP contribution in [0.2, 0.25) is 0 Å². The van der Waals surface area contributed by atoms with Crippen molar-refractivity contribution in [2.45, 2.75) is 38.5 Å². The van der Waals surface area contributed by atoms with Crippen LogP contribution in [0.25, 0.3) is 64.6 Å². The van der Waals surface area contributed by atoms with Crippen molar-refractivity contribution in [3.8, 4) is 0 Å². The van der Waals surface area contributed by atoms with Crippen LogP contribution in [-0.4, -0.2) is 18.4 Å². The summed E-state index contributed by atoms with van der Waals surface area (Å²) in [5.74, 6) is 4.91. The molecule has 1 atom stereocenters. The lowest BCUT2D eigenvalue weighted by Gasteiger charge is -2.18. The predicted octanol–water partition coefficient (Wildman–Crippen LogP) is 9.28. The van der Waals surface area contributed by atoms with Gasteiger partial charge in [0.2, 0.25) is 11.8 Å². The number of carbonyl (C=O) groups is 2. The Morgan fingerprint density at radius 2 is 1.17 bits per heavy atom. The molecule has 8 aromatic carbocycles. The first kappa shape index (κ1) is 31.1. The predicted molar refractivity (Wildman–Crippen MR) is 202 cm³/mol. The number of hydrogen-bond acceptors (Lipinski definition) is 3. The van der Waals surface area contributed by atoms with Crippen LogP contribution in [0.4, 0.5) is 0 Å². The van der Waals surface area contributed by atoms with Gasteiger partial charge in [0.15, 0.2) is 0 Å². The summed E-state index contributed by atoms with van der Waals surface area (Å²) in [4.78, 5) is 23.4. The third kappa shape index (κ3) is 5.56. The molecule has 48 heavy (non-hydrogen) atoms. The molecule has 5 heteroatoms. The molecular weight excluding hydrogens is 590 g/mol. The summed E-state index contributed by atoms with van der Waals surface area (Å²) in [5.41, 5.74) is 4.74. The number of nitrogens with two attached hydrogens (primary N) is 1. The molecule has 4 N–H and O–H groups in total. The van der Waals surface area contributed by atoms with Crippen LogP contribution in [0.15, 0.2) is 122 Å². The molecule has 1 unspecified atom stereocenters. The number of rotatable bonds is 9. The van der Waals surface area contributed by atoms with Crippen LogP contribution in [0.3, 0.4) is 0 Å². The van der Waals surface area contributed by atoms with Gasteiger partial charge < -0.3 is 5.32 Å². The highest BCUT2D eigenvalue weighted by Crippen LogP contribution is 2.39. The highest BCUT2D eigenvalue weighted by molar-refractivity contribution is 6.24. The van der Waals surface area contributed by atoms with Crippen LogP contribution in [0.5, 0.6) is 0 Å². The van der Waals surface area contributed by atoms with E-state index in [1.54, 1.807) is 0 Å². The zero-order chi connectivity index (χ0) is 33.2. The molecule has 0 aromatic heterocycles. The number of unbranched alkanes of at least 4 members (excludes halogenated alkanes) is 1. The SMILES string of the molecule is C=CC(=O)NCCCCc1ccc2ccc3cccc4ccc1c2c34.CCC(C(=O)NN)c1ccc2ccc3cccc4ccc1c2c34. The Balaban J connectivity index is 0.000000152. The second kappa shape index (κ2) is 13.3. The maximum atomic E-state index is 12.2. The molecule has 0 spiro atoms.